The molecule has 6 rings (SSSR count). The lowest BCUT2D eigenvalue weighted by Crippen LogP contribution is -2.48. The lowest BCUT2D eigenvalue weighted by atomic mass is 9.88. The van der Waals surface area contributed by atoms with E-state index in [1.807, 2.05) is 11.2 Å². The molecule has 9 heteroatoms. The van der Waals surface area contributed by atoms with E-state index < -0.39 is 5.92 Å². The Bertz CT molecular complexity index is 914. The summed E-state index contributed by atoms with van der Waals surface area (Å²) in [6.07, 6.45) is 12.1. The molecule has 5 unspecified atom stereocenters. The van der Waals surface area contributed by atoms with Gasteiger partial charge < -0.3 is 9.80 Å². The topological polar surface area (TPSA) is 63.5 Å². The number of rotatable bonds is 2. The number of hydrogen-bond donors (Lipinski definition) is 1. The molecule has 6 aliphatic rings. The molecule has 3 fully saturated rings. The molecule has 0 aromatic heterocycles. The first-order valence-electron chi connectivity index (χ1n) is 10.6. The second-order valence-corrected chi connectivity index (χ2v) is 8.99. The predicted octanol–water partition coefficient (Wildman–Crippen LogP) is 1.73. The van der Waals surface area contributed by atoms with Crippen LogP contribution < -0.4 is 5.43 Å². The van der Waals surface area contributed by atoms with Gasteiger partial charge in [0, 0.05) is 56.5 Å². The summed E-state index contributed by atoms with van der Waals surface area (Å²) in [4.78, 5) is 26.0. The third-order valence-electron chi connectivity index (χ3n) is 7.11. The second-order valence-electron chi connectivity index (χ2n) is 8.99. The van der Waals surface area contributed by atoms with Gasteiger partial charge in [0.2, 0.25) is 0 Å². The van der Waals surface area contributed by atoms with E-state index in [4.69, 9.17) is 4.99 Å². The van der Waals surface area contributed by atoms with Crippen molar-refractivity contribution in [2.24, 2.45) is 27.7 Å². The third-order valence-corrected chi connectivity index (χ3v) is 7.11. The number of piperidine rings is 2. The van der Waals surface area contributed by atoms with E-state index in [9.17, 15) is 13.6 Å². The van der Waals surface area contributed by atoms with E-state index in [0.29, 0.717) is 17.4 Å². The predicted molar refractivity (Wildman–Crippen MR) is 107 cm³/mol. The lowest BCUT2D eigenvalue weighted by Gasteiger charge is -2.42. The number of nitrogens with one attached hydrogen (secondary N) is 1. The fourth-order valence-electron chi connectivity index (χ4n) is 5.28. The molecule has 5 atom stereocenters. The molecular weight excluding hydrogens is 390 g/mol. The molecule has 1 amide bonds. The summed E-state index contributed by atoms with van der Waals surface area (Å²) in [6, 6.07) is 0. The van der Waals surface area contributed by atoms with Gasteiger partial charge in [-0.3, -0.25) is 20.2 Å². The van der Waals surface area contributed by atoms with Gasteiger partial charge in [-0.25, -0.2) is 13.8 Å². The Balaban J connectivity index is 1.21. The number of nitrogens with zero attached hydrogens (tertiary/aromatic N) is 5. The molecule has 5 aliphatic heterocycles. The SMILES string of the molecule is O=C(C1=CC2C3CC3CN(C3=CC4N=CNN4C=C3)C2N=C1)N1CCC(F)(F)CC1. The van der Waals surface area contributed by atoms with E-state index in [1.54, 1.807) is 17.5 Å². The van der Waals surface area contributed by atoms with Crippen molar-refractivity contribution in [2.75, 3.05) is 19.6 Å². The Kier molecular flexibility index (Phi) is 3.85. The highest BCUT2D eigenvalue weighted by molar-refractivity contribution is 6.12. The fourth-order valence-corrected chi connectivity index (χ4v) is 5.28. The van der Waals surface area contributed by atoms with Gasteiger partial charge in [0.25, 0.3) is 11.8 Å². The summed E-state index contributed by atoms with van der Waals surface area (Å²) >= 11 is 0. The van der Waals surface area contributed by atoms with Crippen molar-refractivity contribution in [1.82, 2.24) is 20.2 Å². The summed E-state index contributed by atoms with van der Waals surface area (Å²) in [5, 5.41) is 1.94. The zero-order valence-electron chi connectivity index (χ0n) is 16.5. The van der Waals surface area contributed by atoms with Crippen LogP contribution in [-0.4, -0.2) is 71.2 Å². The van der Waals surface area contributed by atoms with Crippen LogP contribution >= 0.6 is 0 Å². The molecule has 1 aliphatic carbocycles. The molecule has 30 heavy (non-hydrogen) atoms. The monoisotopic (exact) mass is 414 g/mol. The number of amides is 1. The molecule has 158 valence electrons. The minimum Gasteiger partial charge on any atom is -0.349 e. The molecule has 1 N–H and O–H groups in total. The molecule has 0 bridgehead atoms. The van der Waals surface area contributed by atoms with Gasteiger partial charge in [-0.05, 0) is 30.4 Å². The summed E-state index contributed by atoms with van der Waals surface area (Å²) in [6.45, 7) is 1.17. The maximum atomic E-state index is 13.5. The average Bonchev–Trinajstić information content (AvgIpc) is 3.39. The molecule has 1 saturated carbocycles. The van der Waals surface area contributed by atoms with Crippen LogP contribution in [0.4, 0.5) is 8.78 Å². The van der Waals surface area contributed by atoms with Crippen molar-refractivity contribution < 1.29 is 13.6 Å². The summed E-state index contributed by atoms with van der Waals surface area (Å²) in [5.74, 6) is -1.48. The Morgan fingerprint density at radius 3 is 2.87 bits per heavy atom. The maximum Gasteiger partial charge on any atom is 0.255 e. The van der Waals surface area contributed by atoms with Crippen LogP contribution in [0.1, 0.15) is 19.3 Å². The number of likely N-dealkylation sites (tertiary alicyclic amines) is 2. The highest BCUT2D eigenvalue weighted by atomic mass is 19.3. The van der Waals surface area contributed by atoms with Crippen LogP contribution in [0.2, 0.25) is 0 Å². The number of allylic oxidation sites excluding steroid dienone is 1. The lowest BCUT2D eigenvalue weighted by molar-refractivity contribution is -0.132. The number of fused-ring (bicyclic) bond motifs is 4. The summed E-state index contributed by atoms with van der Waals surface area (Å²) in [5.41, 5.74) is 4.73. The normalized spacial score (nSPS) is 37.7. The minimum absolute atomic E-state index is 0.0308. The molecule has 5 heterocycles. The number of alkyl halides is 2. The van der Waals surface area contributed by atoms with E-state index in [-0.39, 0.29) is 50.1 Å². The van der Waals surface area contributed by atoms with E-state index >= 15 is 0 Å². The number of aliphatic imine (C=N–C) groups is 2. The second kappa shape index (κ2) is 6.39. The molecule has 7 nitrogen and oxygen atoms in total. The maximum absolute atomic E-state index is 13.5. The number of dihydropyridines is 1. The zero-order valence-corrected chi connectivity index (χ0v) is 16.5. The Morgan fingerprint density at radius 1 is 1.20 bits per heavy atom. The van der Waals surface area contributed by atoms with Crippen LogP contribution in [0.3, 0.4) is 0 Å². The first-order valence-corrected chi connectivity index (χ1v) is 10.6. The van der Waals surface area contributed by atoms with Crippen molar-refractivity contribution in [3.63, 3.8) is 0 Å². The zero-order chi connectivity index (χ0) is 20.5. The highest BCUT2D eigenvalue weighted by Gasteiger charge is 2.53. The van der Waals surface area contributed by atoms with Crippen LogP contribution in [0.15, 0.2) is 45.7 Å². The largest absolute Gasteiger partial charge is 0.349 e. The first-order chi connectivity index (χ1) is 14.5. The van der Waals surface area contributed by atoms with Gasteiger partial charge in [0.1, 0.15) is 12.5 Å². The molecule has 0 radical (unpaired) electrons. The van der Waals surface area contributed by atoms with Gasteiger partial charge in [-0.2, -0.15) is 0 Å². The standard InChI is InChI=1S/C21H24F2N6O/c22-21(23)2-5-27(6-3-21)20(30)13-7-17-16-8-14(16)11-28(19(17)24-10-13)15-1-4-29-18(9-15)25-12-26-29/h1,4,7,9-10,12,14,16-19H,2-3,5-6,8,11H2,(H,25,26). The van der Waals surface area contributed by atoms with Gasteiger partial charge in [-0.15, -0.1) is 0 Å². The van der Waals surface area contributed by atoms with Gasteiger partial charge in [-0.1, -0.05) is 6.08 Å². The third kappa shape index (κ3) is 2.94. The van der Waals surface area contributed by atoms with Gasteiger partial charge in [0.05, 0.1) is 5.57 Å². The number of carbonyl (C=O) groups excluding carboxylic acids is 1. The number of hydrogen-bond acceptors (Lipinski definition) is 6. The van der Waals surface area contributed by atoms with Crippen molar-refractivity contribution in [1.29, 1.82) is 0 Å². The molecule has 0 spiro atoms. The average molecular weight is 414 g/mol. The minimum atomic E-state index is -2.66. The highest BCUT2D eigenvalue weighted by Crippen LogP contribution is 2.53. The van der Waals surface area contributed by atoms with Crippen molar-refractivity contribution in [3.05, 3.63) is 35.7 Å². The van der Waals surface area contributed by atoms with Crippen LogP contribution in [-0.2, 0) is 4.79 Å². The van der Waals surface area contributed by atoms with Gasteiger partial charge >= 0.3 is 0 Å². The molecular formula is C21H24F2N6O. The molecule has 2 saturated heterocycles. The number of carbonyl (C=O) groups is 1. The van der Waals surface area contributed by atoms with Crippen molar-refractivity contribution >= 4 is 18.5 Å². The smallest absolute Gasteiger partial charge is 0.255 e. The first kappa shape index (κ1) is 18.1. The van der Waals surface area contributed by atoms with Gasteiger partial charge in [0.15, 0.2) is 6.17 Å². The van der Waals surface area contributed by atoms with E-state index in [1.165, 1.54) is 0 Å². The Hall–Kier alpha value is -2.71. The Morgan fingerprint density at radius 2 is 2.03 bits per heavy atom. The number of halogens is 2. The van der Waals surface area contributed by atoms with E-state index in [0.717, 1.165) is 18.7 Å². The summed E-state index contributed by atoms with van der Waals surface area (Å²) in [7, 11) is 0. The summed E-state index contributed by atoms with van der Waals surface area (Å²) < 4.78 is 26.9. The quantitative estimate of drug-likeness (QED) is 0.748. The van der Waals surface area contributed by atoms with Crippen molar-refractivity contribution in [2.45, 2.75) is 37.5 Å². The molecule has 0 aromatic carbocycles. The Labute approximate surface area is 173 Å². The van der Waals surface area contributed by atoms with Crippen LogP contribution in [0.5, 0.6) is 0 Å². The van der Waals surface area contributed by atoms with Crippen LogP contribution in [0.25, 0.3) is 0 Å². The number of hydrazine groups is 1. The molecule has 0 aromatic rings. The van der Waals surface area contributed by atoms with Crippen LogP contribution in [0, 0.1) is 17.8 Å². The van der Waals surface area contributed by atoms with Crippen molar-refractivity contribution in [3.8, 4) is 0 Å². The van der Waals surface area contributed by atoms with E-state index in [2.05, 4.69) is 33.5 Å². The fraction of sp³-hybridized carbons (Fsp3) is 0.571.